The lowest BCUT2D eigenvalue weighted by Crippen LogP contribution is -1.85. The zero-order valence-corrected chi connectivity index (χ0v) is 13.5. The Morgan fingerprint density at radius 3 is 2.43 bits per heavy atom. The molecule has 0 aliphatic carbocycles. The van der Waals surface area contributed by atoms with E-state index < -0.39 is 0 Å². The summed E-state index contributed by atoms with van der Waals surface area (Å²) in [6, 6.07) is 14.1. The van der Waals surface area contributed by atoms with Gasteiger partial charge in [-0.25, -0.2) is 4.98 Å². The van der Waals surface area contributed by atoms with Crippen LogP contribution in [0.25, 0.3) is 33.5 Å². The lowest BCUT2D eigenvalue weighted by molar-refractivity contribution is 0.616. The molecule has 0 spiro atoms. The lowest BCUT2D eigenvalue weighted by Gasteiger charge is -1.99. The van der Waals surface area contributed by atoms with Gasteiger partial charge in [-0.1, -0.05) is 44.2 Å². The normalized spacial score (nSPS) is 10.4. The van der Waals surface area contributed by atoms with Gasteiger partial charge < -0.3 is 4.42 Å². The Morgan fingerprint density at radius 1 is 0.957 bits per heavy atom. The largest absolute Gasteiger partial charge is 0.462 e. The van der Waals surface area contributed by atoms with E-state index in [9.17, 15) is 0 Å². The molecular formula is C19H19N3O. The van der Waals surface area contributed by atoms with Gasteiger partial charge in [-0.05, 0) is 17.7 Å². The maximum Gasteiger partial charge on any atom is 0.153 e. The average molecular weight is 305 g/mol. The molecule has 0 aliphatic rings. The van der Waals surface area contributed by atoms with E-state index in [-0.39, 0.29) is 0 Å². The summed E-state index contributed by atoms with van der Waals surface area (Å²) in [4.78, 5) is 4.75. The third kappa shape index (κ3) is 2.88. The minimum Gasteiger partial charge on any atom is -0.462 e. The molecular weight excluding hydrogens is 286 g/mol. The highest BCUT2D eigenvalue weighted by atomic mass is 16.3. The molecule has 4 nitrogen and oxygen atoms in total. The van der Waals surface area contributed by atoms with Gasteiger partial charge in [0.15, 0.2) is 5.58 Å². The standard InChI is InChI=1S/C17H13N3O.C2H6/c1-20-10-13(9-18-20)15-7-8-16-17(19-15)14(11-21-16)12-5-3-2-4-6-12;1-2/h2-11H,1H3;1-2H3. The number of hydrogen-bond donors (Lipinski definition) is 0. The SMILES string of the molecule is CC.Cn1cc(-c2ccc3occ(-c4ccccc4)c3n2)cn1. The van der Waals surface area contributed by atoms with E-state index >= 15 is 0 Å². The summed E-state index contributed by atoms with van der Waals surface area (Å²) in [5.74, 6) is 0. The van der Waals surface area contributed by atoms with Gasteiger partial charge in [-0.3, -0.25) is 4.68 Å². The van der Waals surface area contributed by atoms with E-state index in [1.165, 1.54) is 0 Å². The van der Waals surface area contributed by atoms with Crippen LogP contribution in [0.3, 0.4) is 0 Å². The van der Waals surface area contributed by atoms with Crippen molar-refractivity contribution in [3.05, 3.63) is 61.1 Å². The zero-order chi connectivity index (χ0) is 16.2. The van der Waals surface area contributed by atoms with Crippen LogP contribution in [-0.2, 0) is 7.05 Å². The van der Waals surface area contributed by atoms with E-state index in [1.54, 1.807) is 10.9 Å². The van der Waals surface area contributed by atoms with Crippen molar-refractivity contribution in [3.63, 3.8) is 0 Å². The summed E-state index contributed by atoms with van der Waals surface area (Å²) in [7, 11) is 1.90. The quantitative estimate of drug-likeness (QED) is 0.528. The number of fused-ring (bicyclic) bond motifs is 1. The van der Waals surface area contributed by atoms with Gasteiger partial charge in [0.25, 0.3) is 0 Å². The summed E-state index contributed by atoms with van der Waals surface area (Å²) in [5.41, 5.74) is 5.68. The first-order valence-corrected chi connectivity index (χ1v) is 7.74. The smallest absolute Gasteiger partial charge is 0.153 e. The van der Waals surface area contributed by atoms with Gasteiger partial charge in [-0.15, -0.1) is 0 Å². The zero-order valence-electron chi connectivity index (χ0n) is 13.5. The van der Waals surface area contributed by atoms with E-state index in [0.29, 0.717) is 0 Å². The van der Waals surface area contributed by atoms with Gasteiger partial charge in [0.05, 0.1) is 11.9 Å². The highest BCUT2D eigenvalue weighted by molar-refractivity contribution is 5.91. The first kappa shape index (κ1) is 15.0. The minimum atomic E-state index is 0.793. The van der Waals surface area contributed by atoms with Crippen molar-refractivity contribution < 1.29 is 4.42 Å². The molecule has 3 aromatic heterocycles. The van der Waals surface area contributed by atoms with Crippen LogP contribution in [0.2, 0.25) is 0 Å². The third-order valence-electron chi connectivity index (χ3n) is 3.50. The number of nitrogens with zero attached hydrogens (tertiary/aromatic N) is 3. The molecule has 3 heterocycles. The van der Waals surface area contributed by atoms with Gasteiger partial charge in [-0.2, -0.15) is 5.10 Å². The van der Waals surface area contributed by atoms with Crippen LogP contribution in [-0.4, -0.2) is 14.8 Å². The maximum absolute atomic E-state index is 5.62. The maximum atomic E-state index is 5.62. The van der Waals surface area contributed by atoms with Crippen molar-refractivity contribution in [3.8, 4) is 22.4 Å². The van der Waals surface area contributed by atoms with Crippen molar-refractivity contribution in [2.45, 2.75) is 13.8 Å². The van der Waals surface area contributed by atoms with Crippen LogP contribution in [0.15, 0.2) is 65.5 Å². The molecule has 4 aromatic rings. The van der Waals surface area contributed by atoms with E-state index in [1.807, 2.05) is 63.6 Å². The first-order valence-electron chi connectivity index (χ1n) is 7.74. The molecule has 1 aromatic carbocycles. The second kappa shape index (κ2) is 6.48. The lowest BCUT2D eigenvalue weighted by atomic mass is 10.1. The minimum absolute atomic E-state index is 0.793. The number of hydrogen-bond acceptors (Lipinski definition) is 3. The second-order valence-electron chi connectivity index (χ2n) is 4.96. The fourth-order valence-corrected chi connectivity index (χ4v) is 2.45. The van der Waals surface area contributed by atoms with Gasteiger partial charge in [0.2, 0.25) is 0 Å². The number of pyridine rings is 1. The van der Waals surface area contributed by atoms with Gasteiger partial charge in [0.1, 0.15) is 11.8 Å². The number of benzene rings is 1. The molecule has 0 aliphatic heterocycles. The molecule has 0 saturated heterocycles. The predicted octanol–water partition coefficient (Wildman–Crippen LogP) is 4.92. The Bertz CT molecular complexity index is 907. The molecule has 116 valence electrons. The van der Waals surface area contributed by atoms with Gasteiger partial charge >= 0.3 is 0 Å². The third-order valence-corrected chi connectivity index (χ3v) is 3.50. The average Bonchev–Trinajstić information content (AvgIpc) is 3.23. The predicted molar refractivity (Wildman–Crippen MR) is 93.0 cm³/mol. The van der Waals surface area contributed by atoms with Crippen LogP contribution < -0.4 is 0 Å². The van der Waals surface area contributed by atoms with Gasteiger partial charge in [0, 0.05) is 24.4 Å². The number of aromatic nitrogens is 3. The number of furan rings is 1. The Hall–Kier alpha value is -2.88. The van der Waals surface area contributed by atoms with E-state index in [2.05, 4.69) is 17.2 Å². The molecule has 0 radical (unpaired) electrons. The summed E-state index contributed by atoms with van der Waals surface area (Å²) < 4.78 is 7.39. The molecule has 0 bridgehead atoms. The highest BCUT2D eigenvalue weighted by Crippen LogP contribution is 2.30. The Kier molecular flexibility index (Phi) is 4.24. The van der Waals surface area contributed by atoms with Crippen LogP contribution >= 0.6 is 0 Å². The van der Waals surface area contributed by atoms with Crippen LogP contribution in [0.1, 0.15) is 13.8 Å². The van der Waals surface area contributed by atoms with Crippen molar-refractivity contribution in [1.82, 2.24) is 14.8 Å². The van der Waals surface area contributed by atoms with Crippen molar-refractivity contribution >= 4 is 11.1 Å². The molecule has 0 saturated carbocycles. The molecule has 23 heavy (non-hydrogen) atoms. The van der Waals surface area contributed by atoms with Crippen LogP contribution in [0.4, 0.5) is 0 Å². The first-order chi connectivity index (χ1) is 11.3. The monoisotopic (exact) mass is 305 g/mol. The topological polar surface area (TPSA) is 43.9 Å². The molecule has 0 amide bonds. The molecule has 4 rings (SSSR count). The molecule has 0 fully saturated rings. The highest BCUT2D eigenvalue weighted by Gasteiger charge is 2.11. The van der Waals surface area contributed by atoms with Crippen molar-refractivity contribution in [2.24, 2.45) is 7.05 Å². The Morgan fingerprint density at radius 2 is 1.74 bits per heavy atom. The van der Waals surface area contributed by atoms with Crippen molar-refractivity contribution in [1.29, 1.82) is 0 Å². The number of aryl methyl sites for hydroxylation is 1. The van der Waals surface area contributed by atoms with Crippen molar-refractivity contribution in [2.75, 3.05) is 0 Å². The Balaban J connectivity index is 0.000000753. The molecule has 0 atom stereocenters. The summed E-state index contributed by atoms with van der Waals surface area (Å²) in [6.07, 6.45) is 5.53. The Labute approximate surface area is 135 Å². The fourth-order valence-electron chi connectivity index (χ4n) is 2.45. The van der Waals surface area contributed by atoms with Crippen LogP contribution in [0, 0.1) is 0 Å². The molecule has 4 heteroatoms. The fraction of sp³-hybridized carbons (Fsp3) is 0.158. The molecule has 0 N–H and O–H groups in total. The summed E-state index contributed by atoms with van der Waals surface area (Å²) in [6.45, 7) is 4.00. The van der Waals surface area contributed by atoms with E-state index in [0.717, 1.165) is 33.5 Å². The summed E-state index contributed by atoms with van der Waals surface area (Å²) in [5, 5.41) is 4.19. The number of rotatable bonds is 2. The van der Waals surface area contributed by atoms with E-state index in [4.69, 9.17) is 9.40 Å². The second-order valence-corrected chi connectivity index (χ2v) is 4.96. The van der Waals surface area contributed by atoms with Crippen LogP contribution in [0.5, 0.6) is 0 Å². The summed E-state index contributed by atoms with van der Waals surface area (Å²) >= 11 is 0. The molecule has 0 unspecified atom stereocenters.